The first-order valence-electron chi connectivity index (χ1n) is 6.23. The number of hydrogen-bond donors (Lipinski definition) is 1. The first-order chi connectivity index (χ1) is 6.86. The highest BCUT2D eigenvalue weighted by Crippen LogP contribution is 2.24. The van der Waals surface area contributed by atoms with E-state index in [0.29, 0.717) is 12.2 Å². The molecular formula is C12H25NO. The highest BCUT2D eigenvalue weighted by Gasteiger charge is 2.21. The summed E-state index contributed by atoms with van der Waals surface area (Å²) in [6.07, 6.45) is 8.61. The Labute approximate surface area is 88.4 Å². The molecule has 84 valence electrons. The molecule has 0 radical (unpaired) electrons. The van der Waals surface area contributed by atoms with Crippen LogP contribution < -0.4 is 5.32 Å². The number of hydrogen-bond acceptors (Lipinski definition) is 2. The molecule has 1 unspecified atom stereocenters. The van der Waals surface area contributed by atoms with E-state index in [2.05, 4.69) is 19.2 Å². The van der Waals surface area contributed by atoms with Gasteiger partial charge in [-0.3, -0.25) is 0 Å². The van der Waals surface area contributed by atoms with Crippen molar-refractivity contribution in [2.45, 2.75) is 64.6 Å². The van der Waals surface area contributed by atoms with Crippen LogP contribution in [0.3, 0.4) is 0 Å². The molecule has 0 aromatic carbocycles. The van der Waals surface area contributed by atoms with Gasteiger partial charge in [0, 0.05) is 6.54 Å². The zero-order valence-corrected chi connectivity index (χ0v) is 9.72. The third-order valence-corrected chi connectivity index (χ3v) is 2.85. The molecule has 0 amide bonds. The van der Waals surface area contributed by atoms with Crippen molar-refractivity contribution in [3.05, 3.63) is 0 Å². The van der Waals surface area contributed by atoms with E-state index in [1.165, 1.54) is 38.5 Å². The topological polar surface area (TPSA) is 21.3 Å². The van der Waals surface area contributed by atoms with Gasteiger partial charge in [-0.25, -0.2) is 0 Å². The molecule has 0 aromatic rings. The van der Waals surface area contributed by atoms with Gasteiger partial charge in [0.15, 0.2) is 0 Å². The second kappa shape index (κ2) is 7.24. The molecule has 1 fully saturated rings. The average molecular weight is 199 g/mol. The van der Waals surface area contributed by atoms with Crippen molar-refractivity contribution in [3.8, 4) is 0 Å². The summed E-state index contributed by atoms with van der Waals surface area (Å²) in [5.41, 5.74) is 0. The fraction of sp³-hybridized carbons (Fsp3) is 1.00. The summed E-state index contributed by atoms with van der Waals surface area (Å²) in [6.45, 7) is 6.60. The summed E-state index contributed by atoms with van der Waals surface area (Å²) in [6, 6.07) is 0. The van der Waals surface area contributed by atoms with Gasteiger partial charge in [0.2, 0.25) is 0 Å². The molecule has 0 bridgehead atoms. The monoisotopic (exact) mass is 199 g/mol. The largest absolute Gasteiger partial charge is 0.374 e. The van der Waals surface area contributed by atoms with Gasteiger partial charge in [0.25, 0.3) is 0 Å². The maximum atomic E-state index is 6.01. The molecule has 0 spiro atoms. The number of ether oxygens (including phenoxy) is 1. The summed E-state index contributed by atoms with van der Waals surface area (Å²) in [5.74, 6) is 0. The third kappa shape index (κ3) is 4.43. The van der Waals surface area contributed by atoms with Crippen molar-refractivity contribution in [1.29, 1.82) is 0 Å². The molecule has 1 aliphatic rings. The lowest BCUT2D eigenvalue weighted by Crippen LogP contribution is -2.35. The van der Waals surface area contributed by atoms with Gasteiger partial charge >= 0.3 is 0 Å². The van der Waals surface area contributed by atoms with Crippen molar-refractivity contribution >= 4 is 0 Å². The molecule has 14 heavy (non-hydrogen) atoms. The van der Waals surface area contributed by atoms with E-state index >= 15 is 0 Å². The summed E-state index contributed by atoms with van der Waals surface area (Å²) in [5, 5.41) is 3.45. The van der Waals surface area contributed by atoms with Gasteiger partial charge in [-0.2, -0.15) is 0 Å². The van der Waals surface area contributed by atoms with Crippen molar-refractivity contribution in [2.75, 3.05) is 13.1 Å². The lowest BCUT2D eigenvalue weighted by molar-refractivity contribution is -0.0532. The standard InChI is InChI=1S/C12H25NO/c1-3-6-12(10-13-9-4-2)14-11-7-5-8-11/h11-13H,3-10H2,1-2H3. The van der Waals surface area contributed by atoms with E-state index in [0.717, 1.165) is 13.1 Å². The van der Waals surface area contributed by atoms with Gasteiger partial charge in [-0.15, -0.1) is 0 Å². The normalized spacial score (nSPS) is 19.3. The first kappa shape index (κ1) is 12.0. The lowest BCUT2D eigenvalue weighted by Gasteiger charge is -2.30. The summed E-state index contributed by atoms with van der Waals surface area (Å²) in [7, 11) is 0. The van der Waals surface area contributed by atoms with Gasteiger partial charge in [0.1, 0.15) is 0 Å². The molecule has 1 N–H and O–H groups in total. The highest BCUT2D eigenvalue weighted by molar-refractivity contribution is 4.73. The van der Waals surface area contributed by atoms with Gasteiger partial charge in [-0.1, -0.05) is 20.3 Å². The molecule has 1 saturated carbocycles. The van der Waals surface area contributed by atoms with E-state index in [1.54, 1.807) is 0 Å². The van der Waals surface area contributed by atoms with E-state index in [4.69, 9.17) is 4.74 Å². The van der Waals surface area contributed by atoms with E-state index in [-0.39, 0.29) is 0 Å². The predicted octanol–water partition coefficient (Wildman–Crippen LogP) is 2.72. The Balaban J connectivity index is 2.09. The van der Waals surface area contributed by atoms with Crippen LogP contribution in [-0.2, 0) is 4.74 Å². The molecule has 0 aromatic heterocycles. The van der Waals surface area contributed by atoms with E-state index < -0.39 is 0 Å². The SMILES string of the molecule is CCCNCC(CCC)OC1CCC1. The van der Waals surface area contributed by atoms with Gasteiger partial charge in [0.05, 0.1) is 12.2 Å². The molecule has 1 atom stereocenters. The Morgan fingerprint density at radius 2 is 2.07 bits per heavy atom. The van der Waals surface area contributed by atoms with Crippen molar-refractivity contribution in [3.63, 3.8) is 0 Å². The van der Waals surface area contributed by atoms with Crippen molar-refractivity contribution in [2.24, 2.45) is 0 Å². The van der Waals surface area contributed by atoms with Crippen LogP contribution in [-0.4, -0.2) is 25.3 Å². The van der Waals surface area contributed by atoms with Crippen LogP contribution >= 0.6 is 0 Å². The highest BCUT2D eigenvalue weighted by atomic mass is 16.5. The Bertz CT molecular complexity index is 134. The minimum atomic E-state index is 0.455. The number of nitrogens with one attached hydrogen (secondary N) is 1. The Kier molecular flexibility index (Phi) is 6.20. The van der Waals surface area contributed by atoms with E-state index in [9.17, 15) is 0 Å². The summed E-state index contributed by atoms with van der Waals surface area (Å²) in [4.78, 5) is 0. The van der Waals surface area contributed by atoms with Crippen LogP contribution in [0.15, 0.2) is 0 Å². The quantitative estimate of drug-likeness (QED) is 0.607. The molecular weight excluding hydrogens is 174 g/mol. The predicted molar refractivity (Wildman–Crippen MR) is 60.6 cm³/mol. The fourth-order valence-electron chi connectivity index (χ4n) is 1.76. The van der Waals surface area contributed by atoms with Crippen LogP contribution in [0.1, 0.15) is 52.4 Å². The maximum Gasteiger partial charge on any atom is 0.0703 e. The Hall–Kier alpha value is -0.0800. The average Bonchev–Trinajstić information content (AvgIpc) is 2.11. The van der Waals surface area contributed by atoms with E-state index in [1.807, 2.05) is 0 Å². The molecule has 0 saturated heterocycles. The molecule has 1 aliphatic carbocycles. The zero-order chi connectivity index (χ0) is 10.2. The number of rotatable bonds is 8. The summed E-state index contributed by atoms with van der Waals surface area (Å²) >= 11 is 0. The van der Waals surface area contributed by atoms with Crippen LogP contribution in [0.2, 0.25) is 0 Å². The smallest absolute Gasteiger partial charge is 0.0703 e. The Morgan fingerprint density at radius 3 is 2.57 bits per heavy atom. The summed E-state index contributed by atoms with van der Waals surface area (Å²) < 4.78 is 6.01. The molecule has 0 heterocycles. The zero-order valence-electron chi connectivity index (χ0n) is 9.72. The van der Waals surface area contributed by atoms with Gasteiger partial charge < -0.3 is 10.1 Å². The maximum absolute atomic E-state index is 6.01. The molecule has 2 heteroatoms. The molecule has 1 rings (SSSR count). The van der Waals surface area contributed by atoms with Crippen LogP contribution in [0.5, 0.6) is 0 Å². The molecule has 2 nitrogen and oxygen atoms in total. The third-order valence-electron chi connectivity index (χ3n) is 2.85. The van der Waals surface area contributed by atoms with Crippen LogP contribution in [0.4, 0.5) is 0 Å². The second-order valence-corrected chi connectivity index (χ2v) is 4.30. The van der Waals surface area contributed by atoms with Crippen LogP contribution in [0, 0.1) is 0 Å². The fourth-order valence-corrected chi connectivity index (χ4v) is 1.76. The van der Waals surface area contributed by atoms with Crippen molar-refractivity contribution < 1.29 is 4.74 Å². The molecule has 0 aliphatic heterocycles. The minimum absolute atomic E-state index is 0.455. The second-order valence-electron chi connectivity index (χ2n) is 4.30. The minimum Gasteiger partial charge on any atom is -0.374 e. The first-order valence-corrected chi connectivity index (χ1v) is 6.23. The Morgan fingerprint density at radius 1 is 1.29 bits per heavy atom. The van der Waals surface area contributed by atoms with Crippen molar-refractivity contribution in [1.82, 2.24) is 5.32 Å². The lowest BCUT2D eigenvalue weighted by atomic mass is 9.96. The van der Waals surface area contributed by atoms with Crippen LogP contribution in [0.25, 0.3) is 0 Å². The van der Waals surface area contributed by atoms with Gasteiger partial charge in [-0.05, 0) is 38.6 Å².